The van der Waals surface area contributed by atoms with E-state index in [-0.39, 0.29) is 11.4 Å². The maximum Gasteiger partial charge on any atom is 0.254 e. The van der Waals surface area contributed by atoms with Crippen LogP contribution in [0, 0.1) is 0 Å². The number of carbonyl (C=O) groups excluding carboxylic acids is 1. The van der Waals surface area contributed by atoms with Crippen molar-refractivity contribution < 1.29 is 4.79 Å². The maximum absolute atomic E-state index is 11.2. The van der Waals surface area contributed by atoms with Crippen molar-refractivity contribution in [2.24, 2.45) is 5.73 Å². The summed E-state index contributed by atoms with van der Waals surface area (Å²) in [6, 6.07) is 6.92. The zero-order valence-corrected chi connectivity index (χ0v) is 8.95. The Morgan fingerprint density at radius 3 is 2.50 bits per heavy atom. The van der Waals surface area contributed by atoms with E-state index in [2.05, 4.69) is 10.2 Å². The first-order chi connectivity index (χ1) is 7.59. The third-order valence-electron chi connectivity index (χ3n) is 2.17. The minimum Gasteiger partial charge on any atom is -0.382 e. The van der Waals surface area contributed by atoms with Gasteiger partial charge >= 0.3 is 0 Å². The van der Waals surface area contributed by atoms with Gasteiger partial charge in [-0.25, -0.2) is 0 Å². The average Bonchev–Trinajstić information content (AvgIpc) is 2.61. The van der Waals surface area contributed by atoms with Gasteiger partial charge in [0.25, 0.3) is 5.91 Å². The molecule has 0 aliphatic rings. The number of nitrogen functional groups attached to an aromatic ring is 1. The summed E-state index contributed by atoms with van der Waals surface area (Å²) in [5.41, 5.74) is 12.2. The summed E-state index contributed by atoms with van der Waals surface area (Å²) in [6.45, 7) is 0. The number of nitrogens with zero attached hydrogens (tertiary/aromatic N) is 1. The Bertz CT molecular complexity index is 532. The van der Waals surface area contributed by atoms with Gasteiger partial charge in [0.05, 0.1) is 5.69 Å². The quantitative estimate of drug-likeness (QED) is 0.735. The minimum atomic E-state index is -0.615. The van der Waals surface area contributed by atoms with E-state index in [1.807, 2.05) is 0 Å². The number of aromatic amines is 1. The second-order valence-corrected chi connectivity index (χ2v) is 3.67. The number of aromatic nitrogens is 2. The molecule has 5 N–H and O–H groups in total. The summed E-state index contributed by atoms with van der Waals surface area (Å²) in [7, 11) is 0. The summed E-state index contributed by atoms with van der Waals surface area (Å²) < 4.78 is 0. The zero-order chi connectivity index (χ0) is 11.7. The van der Waals surface area contributed by atoms with Crippen LogP contribution in [0.1, 0.15) is 10.4 Å². The van der Waals surface area contributed by atoms with E-state index >= 15 is 0 Å². The Morgan fingerprint density at radius 1 is 1.31 bits per heavy atom. The fourth-order valence-corrected chi connectivity index (χ4v) is 1.56. The van der Waals surface area contributed by atoms with E-state index in [9.17, 15) is 4.79 Å². The van der Waals surface area contributed by atoms with Crippen molar-refractivity contribution in [3.63, 3.8) is 0 Å². The molecule has 16 heavy (non-hydrogen) atoms. The fraction of sp³-hybridized carbons (Fsp3) is 0. The standard InChI is InChI=1S/C10H9ClN4O/c11-6-3-1-5(2-4-6)8-7(10(13)16)9(12)15-14-8/h1-4H,(H2,13,16)(H3,12,14,15). The number of H-pyrrole nitrogens is 1. The molecule has 5 nitrogen and oxygen atoms in total. The molecule has 0 radical (unpaired) electrons. The predicted octanol–water partition coefficient (Wildman–Crippen LogP) is 1.41. The van der Waals surface area contributed by atoms with Crippen molar-refractivity contribution in [3.05, 3.63) is 34.9 Å². The molecule has 82 valence electrons. The Morgan fingerprint density at radius 2 is 1.94 bits per heavy atom. The Labute approximate surface area is 96.4 Å². The minimum absolute atomic E-state index is 0.0949. The number of nitrogens with one attached hydrogen (secondary N) is 1. The van der Waals surface area contributed by atoms with Crippen LogP contribution in [-0.2, 0) is 0 Å². The van der Waals surface area contributed by atoms with Gasteiger partial charge in [0.15, 0.2) is 5.82 Å². The molecular formula is C10H9ClN4O. The molecule has 1 heterocycles. The van der Waals surface area contributed by atoms with E-state index < -0.39 is 5.91 Å². The highest BCUT2D eigenvalue weighted by Crippen LogP contribution is 2.25. The largest absolute Gasteiger partial charge is 0.382 e. The van der Waals surface area contributed by atoms with Crippen molar-refractivity contribution in [2.75, 3.05) is 5.73 Å². The molecule has 0 aliphatic heterocycles. The molecule has 0 saturated carbocycles. The lowest BCUT2D eigenvalue weighted by Crippen LogP contribution is -2.13. The fourth-order valence-electron chi connectivity index (χ4n) is 1.43. The highest BCUT2D eigenvalue weighted by Gasteiger charge is 2.17. The monoisotopic (exact) mass is 236 g/mol. The number of primary amides is 1. The SMILES string of the molecule is NC(=O)c1c(N)n[nH]c1-c1ccc(Cl)cc1. The van der Waals surface area contributed by atoms with Crippen LogP contribution in [0.4, 0.5) is 5.82 Å². The van der Waals surface area contributed by atoms with E-state index in [1.165, 1.54) is 0 Å². The number of hydrogen-bond donors (Lipinski definition) is 3. The van der Waals surface area contributed by atoms with Crippen LogP contribution in [0.3, 0.4) is 0 Å². The van der Waals surface area contributed by atoms with Crippen molar-refractivity contribution in [1.82, 2.24) is 10.2 Å². The summed E-state index contributed by atoms with van der Waals surface area (Å²) in [4.78, 5) is 11.2. The molecule has 0 atom stereocenters. The van der Waals surface area contributed by atoms with E-state index in [1.54, 1.807) is 24.3 Å². The summed E-state index contributed by atoms with van der Waals surface area (Å²) in [5, 5.41) is 7.04. The smallest absolute Gasteiger partial charge is 0.254 e. The van der Waals surface area contributed by atoms with Crippen molar-refractivity contribution in [1.29, 1.82) is 0 Å². The van der Waals surface area contributed by atoms with Gasteiger partial charge in [-0.3, -0.25) is 9.89 Å². The molecule has 1 aromatic heterocycles. The number of halogens is 1. The number of nitrogens with two attached hydrogens (primary N) is 2. The average molecular weight is 237 g/mol. The van der Waals surface area contributed by atoms with Gasteiger partial charge < -0.3 is 11.5 Å². The van der Waals surface area contributed by atoms with Gasteiger partial charge in [0.1, 0.15) is 5.56 Å². The highest BCUT2D eigenvalue weighted by atomic mass is 35.5. The first kappa shape index (κ1) is 10.5. The van der Waals surface area contributed by atoms with Crippen LogP contribution in [0.2, 0.25) is 5.02 Å². The van der Waals surface area contributed by atoms with Gasteiger partial charge in [-0.05, 0) is 12.1 Å². The van der Waals surface area contributed by atoms with Crippen molar-refractivity contribution in [2.45, 2.75) is 0 Å². The molecule has 0 unspecified atom stereocenters. The first-order valence-electron chi connectivity index (χ1n) is 4.49. The van der Waals surface area contributed by atoms with E-state index in [4.69, 9.17) is 23.1 Å². The van der Waals surface area contributed by atoms with Crippen LogP contribution in [-0.4, -0.2) is 16.1 Å². The van der Waals surface area contributed by atoms with Crippen LogP contribution >= 0.6 is 11.6 Å². The third-order valence-corrected chi connectivity index (χ3v) is 2.43. The Hall–Kier alpha value is -2.01. The number of benzene rings is 1. The number of amides is 1. The van der Waals surface area contributed by atoms with Crippen molar-refractivity contribution in [3.8, 4) is 11.3 Å². The van der Waals surface area contributed by atoms with Crippen LogP contribution in [0.15, 0.2) is 24.3 Å². The molecule has 0 fully saturated rings. The predicted molar refractivity (Wildman–Crippen MR) is 62.0 cm³/mol. The van der Waals surface area contributed by atoms with Gasteiger partial charge in [0, 0.05) is 10.6 Å². The lowest BCUT2D eigenvalue weighted by molar-refractivity contribution is 0.100. The molecular weight excluding hydrogens is 228 g/mol. The molecule has 6 heteroatoms. The normalized spacial score (nSPS) is 10.3. The number of anilines is 1. The van der Waals surface area contributed by atoms with Crippen LogP contribution in [0.5, 0.6) is 0 Å². The molecule has 0 saturated heterocycles. The molecule has 1 amide bonds. The lowest BCUT2D eigenvalue weighted by Gasteiger charge is -2.00. The van der Waals surface area contributed by atoms with Gasteiger partial charge in [-0.1, -0.05) is 23.7 Å². The molecule has 0 aliphatic carbocycles. The summed E-state index contributed by atoms with van der Waals surface area (Å²) in [5.74, 6) is -0.520. The van der Waals surface area contributed by atoms with Crippen molar-refractivity contribution >= 4 is 23.3 Å². The Kier molecular flexibility index (Phi) is 2.54. The van der Waals surface area contributed by atoms with Crippen LogP contribution < -0.4 is 11.5 Å². The maximum atomic E-state index is 11.2. The molecule has 2 aromatic rings. The summed E-state index contributed by atoms with van der Waals surface area (Å²) in [6.07, 6.45) is 0. The van der Waals surface area contributed by atoms with E-state index in [0.29, 0.717) is 10.7 Å². The summed E-state index contributed by atoms with van der Waals surface area (Å²) >= 11 is 5.76. The molecule has 0 spiro atoms. The number of carbonyl (C=O) groups is 1. The first-order valence-corrected chi connectivity index (χ1v) is 4.87. The molecule has 2 rings (SSSR count). The van der Waals surface area contributed by atoms with Gasteiger partial charge in [0.2, 0.25) is 0 Å². The van der Waals surface area contributed by atoms with Gasteiger partial charge in [-0.2, -0.15) is 5.10 Å². The molecule has 0 bridgehead atoms. The van der Waals surface area contributed by atoms with Gasteiger partial charge in [-0.15, -0.1) is 0 Å². The van der Waals surface area contributed by atoms with E-state index in [0.717, 1.165) is 5.56 Å². The zero-order valence-electron chi connectivity index (χ0n) is 8.20. The third kappa shape index (κ3) is 1.72. The number of rotatable bonds is 2. The Balaban J connectivity index is 2.56. The topological polar surface area (TPSA) is 97.8 Å². The highest BCUT2D eigenvalue weighted by molar-refractivity contribution is 6.30. The number of hydrogen-bond acceptors (Lipinski definition) is 3. The molecule has 1 aromatic carbocycles. The second kappa shape index (κ2) is 3.86. The lowest BCUT2D eigenvalue weighted by atomic mass is 10.1. The second-order valence-electron chi connectivity index (χ2n) is 3.23. The van der Waals surface area contributed by atoms with Crippen LogP contribution in [0.25, 0.3) is 11.3 Å².